The molecule has 0 aromatic rings. The number of hydrogen-bond acceptors (Lipinski definition) is 13. The zero-order valence-corrected chi connectivity index (χ0v) is 27.3. The lowest BCUT2D eigenvalue weighted by atomic mass is 9.62. The second kappa shape index (κ2) is 17.1. The number of rotatable bonds is 16. The van der Waals surface area contributed by atoms with E-state index in [-0.39, 0.29) is 11.8 Å². The van der Waals surface area contributed by atoms with E-state index in [1.54, 1.807) is 0 Å². The zero-order chi connectivity index (χ0) is 34.3. The second-order valence-corrected chi connectivity index (χ2v) is 14.0. The van der Waals surface area contributed by atoms with Crippen molar-refractivity contribution in [1.29, 1.82) is 0 Å². The van der Waals surface area contributed by atoms with Crippen LogP contribution < -0.4 is 5.32 Å². The lowest BCUT2D eigenvalue weighted by molar-refractivity contribution is -0.363. The molecule has 1 saturated carbocycles. The van der Waals surface area contributed by atoms with Crippen molar-refractivity contribution in [3.8, 4) is 0 Å². The number of unbranched alkanes of at least 4 members (excludes halogenated alkanes) is 2. The minimum atomic E-state index is -2.65. The van der Waals surface area contributed by atoms with E-state index in [1.165, 1.54) is 0 Å². The number of carbonyl (C=O) groups excluding carboxylic acids is 1. The van der Waals surface area contributed by atoms with Gasteiger partial charge in [0.2, 0.25) is 5.91 Å². The number of amides is 1. The molecule has 1 aliphatic carbocycles. The van der Waals surface area contributed by atoms with E-state index in [1.807, 2.05) is 0 Å². The molecule has 270 valence electrons. The Morgan fingerprint density at radius 3 is 1.59 bits per heavy atom. The number of hydrogen-bond donors (Lipinski definition) is 11. The molecule has 14 heteroatoms. The largest absolute Gasteiger partial charge is 0.394 e. The Labute approximate surface area is 271 Å². The summed E-state index contributed by atoms with van der Waals surface area (Å²) >= 11 is 0. The first-order valence-electron chi connectivity index (χ1n) is 17.1. The van der Waals surface area contributed by atoms with Crippen molar-refractivity contribution in [1.82, 2.24) is 5.32 Å². The molecule has 2 unspecified atom stereocenters. The zero-order valence-electron chi connectivity index (χ0n) is 27.3. The van der Waals surface area contributed by atoms with Gasteiger partial charge in [-0.2, -0.15) is 0 Å². The van der Waals surface area contributed by atoms with Gasteiger partial charge in [0.05, 0.1) is 13.2 Å². The third-order valence-electron chi connectivity index (χ3n) is 10.6. The molecule has 2 heterocycles. The smallest absolute Gasteiger partial charge is 0.220 e. The number of aliphatic hydroxyl groups excluding tert-OH is 8. The van der Waals surface area contributed by atoms with Crippen molar-refractivity contribution >= 4 is 5.91 Å². The van der Waals surface area contributed by atoms with E-state index in [0.717, 1.165) is 70.6 Å². The predicted molar refractivity (Wildman–Crippen MR) is 164 cm³/mol. The molecule has 3 rings (SSSR count). The lowest BCUT2D eigenvalue weighted by Gasteiger charge is -2.49. The third kappa shape index (κ3) is 8.96. The fourth-order valence-corrected chi connectivity index (χ4v) is 7.88. The topological polar surface area (TPSA) is 250 Å². The van der Waals surface area contributed by atoms with Gasteiger partial charge >= 0.3 is 0 Å². The van der Waals surface area contributed by atoms with Gasteiger partial charge in [-0.15, -0.1) is 0 Å². The molecule has 3 fully saturated rings. The molecule has 0 radical (unpaired) electrons. The van der Waals surface area contributed by atoms with Gasteiger partial charge in [0.15, 0.2) is 11.6 Å². The summed E-state index contributed by atoms with van der Waals surface area (Å²) in [6.07, 6.45) is -5.07. The third-order valence-corrected chi connectivity index (χ3v) is 10.6. The SMILES string of the molecule is CCCCC(CCCC)(CC(=O)NC(CC1(O)O[C@H](CO)[C@@H](O)[C@H](O)[C@H]1O)CC1(O)O[C@H](CO)[C@@H](O)[C@H](O)[C@H]1O)C1CCCCC1. The number of carbonyl (C=O) groups is 1. The molecular weight excluding hydrogens is 606 g/mol. The van der Waals surface area contributed by atoms with Gasteiger partial charge in [-0.25, -0.2) is 0 Å². The molecule has 11 N–H and O–H groups in total. The predicted octanol–water partition coefficient (Wildman–Crippen LogP) is -1.09. The summed E-state index contributed by atoms with van der Waals surface area (Å²) in [5.74, 6) is -5.41. The molecule has 46 heavy (non-hydrogen) atoms. The van der Waals surface area contributed by atoms with E-state index in [4.69, 9.17) is 9.47 Å². The normalized spacial score (nSPS) is 38.4. The van der Waals surface area contributed by atoms with E-state index < -0.39 is 98.4 Å². The maximum atomic E-state index is 14.0. The maximum absolute atomic E-state index is 14.0. The highest BCUT2D eigenvalue weighted by molar-refractivity contribution is 5.77. The summed E-state index contributed by atoms with van der Waals surface area (Å²) in [6.45, 7) is 2.56. The molecule has 0 bridgehead atoms. The minimum absolute atomic E-state index is 0.138. The first-order chi connectivity index (χ1) is 21.7. The number of nitrogens with one attached hydrogen (secondary N) is 1. The van der Waals surface area contributed by atoms with Crippen molar-refractivity contribution in [2.45, 2.75) is 170 Å². The van der Waals surface area contributed by atoms with Crippen molar-refractivity contribution in [3.63, 3.8) is 0 Å². The van der Waals surface area contributed by atoms with E-state index in [9.17, 15) is 55.9 Å². The highest BCUT2D eigenvalue weighted by Gasteiger charge is 2.57. The van der Waals surface area contributed by atoms with E-state index in [0.29, 0.717) is 5.92 Å². The second-order valence-electron chi connectivity index (χ2n) is 14.0. The molecule has 0 aromatic heterocycles. The minimum Gasteiger partial charge on any atom is -0.394 e. The Morgan fingerprint density at radius 2 is 1.20 bits per heavy atom. The maximum Gasteiger partial charge on any atom is 0.220 e. The Kier molecular flexibility index (Phi) is 14.6. The van der Waals surface area contributed by atoms with Crippen LogP contribution in [-0.2, 0) is 14.3 Å². The molecule has 1 amide bonds. The van der Waals surface area contributed by atoms with Crippen molar-refractivity contribution in [2.24, 2.45) is 11.3 Å². The first-order valence-corrected chi connectivity index (χ1v) is 17.1. The molecule has 2 saturated heterocycles. The summed E-state index contributed by atoms with van der Waals surface area (Å²) in [5.41, 5.74) is -0.304. The Hall–Kier alpha value is -1.01. The summed E-state index contributed by atoms with van der Waals surface area (Å²) in [7, 11) is 0. The molecule has 0 spiro atoms. The van der Waals surface area contributed by atoms with Crippen molar-refractivity contribution in [3.05, 3.63) is 0 Å². The van der Waals surface area contributed by atoms with Crippen LogP contribution in [0.2, 0.25) is 0 Å². The van der Waals surface area contributed by atoms with Crippen LogP contribution in [0, 0.1) is 11.3 Å². The molecule has 3 aliphatic rings. The van der Waals surface area contributed by atoms with Crippen LogP contribution in [0.5, 0.6) is 0 Å². The average molecular weight is 666 g/mol. The molecule has 14 nitrogen and oxygen atoms in total. The first kappa shape index (κ1) is 39.4. The van der Waals surface area contributed by atoms with Crippen LogP contribution in [0.15, 0.2) is 0 Å². The van der Waals surface area contributed by atoms with E-state index in [2.05, 4.69) is 19.2 Å². The van der Waals surface area contributed by atoms with Gasteiger partial charge in [0.1, 0.15) is 48.8 Å². The summed E-state index contributed by atoms with van der Waals surface area (Å²) in [5, 5.41) is 108. The highest BCUT2D eigenvalue weighted by atomic mass is 16.7. The molecular formula is C32H59NO13. The molecule has 0 aromatic carbocycles. The summed E-state index contributed by atoms with van der Waals surface area (Å²) < 4.78 is 10.9. The van der Waals surface area contributed by atoms with Gasteiger partial charge in [-0.05, 0) is 37.0 Å². The molecule has 2 aliphatic heterocycles. The van der Waals surface area contributed by atoms with Gasteiger partial charge < -0.3 is 65.9 Å². The van der Waals surface area contributed by atoms with Crippen molar-refractivity contribution < 1.29 is 65.3 Å². The fourth-order valence-electron chi connectivity index (χ4n) is 7.88. The summed E-state index contributed by atoms with van der Waals surface area (Å²) in [4.78, 5) is 14.0. The average Bonchev–Trinajstić information content (AvgIpc) is 3.04. The van der Waals surface area contributed by atoms with Gasteiger partial charge in [0, 0.05) is 25.3 Å². The van der Waals surface area contributed by atoms with Crippen molar-refractivity contribution in [2.75, 3.05) is 13.2 Å². The molecule has 10 atom stereocenters. The van der Waals surface area contributed by atoms with Crippen LogP contribution >= 0.6 is 0 Å². The van der Waals surface area contributed by atoms with Gasteiger partial charge in [0.25, 0.3) is 0 Å². The quantitative estimate of drug-likeness (QED) is 0.0939. The van der Waals surface area contributed by atoms with E-state index >= 15 is 0 Å². The Balaban J connectivity index is 1.96. The van der Waals surface area contributed by atoms with Crippen LogP contribution in [0.4, 0.5) is 0 Å². The van der Waals surface area contributed by atoms with Crippen LogP contribution in [0.3, 0.4) is 0 Å². The highest BCUT2D eigenvalue weighted by Crippen LogP contribution is 2.48. The Morgan fingerprint density at radius 1 is 0.761 bits per heavy atom. The number of ether oxygens (including phenoxy) is 2. The van der Waals surface area contributed by atoms with Crippen LogP contribution in [0.1, 0.15) is 104 Å². The van der Waals surface area contributed by atoms with Crippen LogP contribution in [-0.4, -0.2) is 137 Å². The lowest BCUT2D eigenvalue weighted by Crippen LogP contribution is -2.68. The Bertz CT molecular complexity index is 882. The van der Waals surface area contributed by atoms with Gasteiger partial charge in [-0.1, -0.05) is 58.8 Å². The monoisotopic (exact) mass is 665 g/mol. The summed E-state index contributed by atoms with van der Waals surface area (Å²) in [6, 6.07) is -1.35. The van der Waals surface area contributed by atoms with Gasteiger partial charge in [-0.3, -0.25) is 4.79 Å². The number of aliphatic hydroxyl groups is 10. The fraction of sp³-hybridized carbons (Fsp3) is 0.969. The standard InChI is InChI=1S/C32H59NO13/c1-3-5-12-30(13-6-4-2,19-10-8-7-9-11-19)16-23(36)33-20(14-31(43)28(41)26(39)24(37)21(17-34)45-31)15-32(44)29(42)27(40)25(38)22(18-35)46-32/h19-22,24-29,34-35,37-44H,3-18H2,1-2H3,(H,33,36)/t20?,21-,22-,24-,25-,26+,27+,28-,29-,31?,32?/m1/s1. The van der Waals surface area contributed by atoms with Crippen LogP contribution in [0.25, 0.3) is 0 Å².